The second-order valence-electron chi connectivity index (χ2n) is 6.86. The van der Waals surface area contributed by atoms with Crippen molar-refractivity contribution in [2.45, 2.75) is 13.0 Å². The van der Waals surface area contributed by atoms with Gasteiger partial charge in [0.1, 0.15) is 17.6 Å². The van der Waals surface area contributed by atoms with Crippen LogP contribution in [-0.2, 0) is 9.59 Å². The van der Waals surface area contributed by atoms with Gasteiger partial charge in [-0.15, -0.1) is 0 Å². The molecule has 0 aliphatic carbocycles. The lowest BCUT2D eigenvalue weighted by molar-refractivity contribution is -0.132. The molecule has 1 aliphatic rings. The number of nitrogens with zero attached hydrogens (tertiary/aromatic N) is 2. The van der Waals surface area contributed by atoms with Crippen LogP contribution in [0.3, 0.4) is 0 Å². The Bertz CT molecular complexity index is 1160. The summed E-state index contributed by atoms with van der Waals surface area (Å²) in [6.45, 7) is 2.33. The van der Waals surface area contributed by atoms with Crippen LogP contribution in [0.25, 0.3) is 5.76 Å². The fourth-order valence-electron chi connectivity index (χ4n) is 3.57. The number of hydrogen-bond donors (Lipinski definition) is 1. The molecule has 3 aromatic rings. The van der Waals surface area contributed by atoms with Gasteiger partial charge in [0.2, 0.25) is 0 Å². The largest absolute Gasteiger partial charge is 0.507 e. The summed E-state index contributed by atoms with van der Waals surface area (Å²) in [4.78, 5) is 31.9. The molecule has 1 fully saturated rings. The predicted molar refractivity (Wildman–Crippen MR) is 121 cm³/mol. The van der Waals surface area contributed by atoms with Crippen LogP contribution in [-0.4, -0.2) is 28.4 Å². The Morgan fingerprint density at radius 2 is 1.87 bits per heavy atom. The van der Waals surface area contributed by atoms with Crippen molar-refractivity contribution in [3.8, 4) is 5.75 Å². The Labute approximate surface area is 187 Å². The smallest absolute Gasteiger partial charge is 0.300 e. The van der Waals surface area contributed by atoms with Gasteiger partial charge in [0.15, 0.2) is 0 Å². The van der Waals surface area contributed by atoms with Crippen molar-refractivity contribution in [2.24, 2.45) is 0 Å². The monoisotopic (exact) mass is 478 g/mol. The molecule has 0 radical (unpaired) electrons. The third-order valence-corrected chi connectivity index (χ3v) is 5.47. The van der Waals surface area contributed by atoms with E-state index in [4.69, 9.17) is 4.74 Å². The van der Waals surface area contributed by atoms with E-state index in [1.54, 1.807) is 72.9 Å². The minimum atomic E-state index is -0.873. The molecule has 1 unspecified atom stereocenters. The topological polar surface area (TPSA) is 79.7 Å². The SMILES string of the molecule is CCOc1cccc(N2C(=O)C(=O)/C(=C(/O)c3ccc(Br)cc3)C2c2ccccn2)c1. The lowest BCUT2D eigenvalue weighted by Crippen LogP contribution is -2.29. The molecular formula is C24H19BrN2O4. The molecule has 1 aromatic heterocycles. The number of aromatic nitrogens is 1. The Morgan fingerprint density at radius 3 is 2.55 bits per heavy atom. The lowest BCUT2D eigenvalue weighted by Gasteiger charge is -2.25. The van der Waals surface area contributed by atoms with Gasteiger partial charge < -0.3 is 9.84 Å². The number of carbonyl (C=O) groups is 2. The van der Waals surface area contributed by atoms with Gasteiger partial charge in [0, 0.05) is 28.0 Å². The molecule has 1 atom stereocenters. The number of amides is 1. The van der Waals surface area contributed by atoms with E-state index in [9.17, 15) is 14.7 Å². The highest BCUT2D eigenvalue weighted by atomic mass is 79.9. The van der Waals surface area contributed by atoms with Gasteiger partial charge in [-0.2, -0.15) is 0 Å². The van der Waals surface area contributed by atoms with E-state index < -0.39 is 17.7 Å². The van der Waals surface area contributed by atoms with Crippen LogP contribution in [0.4, 0.5) is 5.69 Å². The zero-order valence-corrected chi connectivity index (χ0v) is 18.2. The molecule has 1 aliphatic heterocycles. The lowest BCUT2D eigenvalue weighted by atomic mass is 9.98. The van der Waals surface area contributed by atoms with E-state index in [1.165, 1.54) is 4.90 Å². The first-order valence-corrected chi connectivity index (χ1v) is 10.5. The molecule has 1 saturated heterocycles. The van der Waals surface area contributed by atoms with Crippen LogP contribution in [0.2, 0.25) is 0 Å². The van der Waals surface area contributed by atoms with Crippen LogP contribution in [0, 0.1) is 0 Å². The second kappa shape index (κ2) is 8.73. The minimum absolute atomic E-state index is 0.00663. The standard InChI is InChI=1S/C24H19BrN2O4/c1-2-31-18-7-5-6-17(14-18)27-21(19-8-3-4-13-26-19)20(23(29)24(27)30)22(28)15-9-11-16(25)12-10-15/h3-14,21,28H,2H2,1H3/b22-20+. The fourth-order valence-corrected chi connectivity index (χ4v) is 3.83. The third kappa shape index (κ3) is 3.96. The van der Waals surface area contributed by atoms with Gasteiger partial charge >= 0.3 is 0 Å². The number of aliphatic hydroxyl groups excluding tert-OH is 1. The Kier molecular flexibility index (Phi) is 5.86. The number of carbonyl (C=O) groups excluding carboxylic acids is 2. The maximum atomic E-state index is 13.1. The van der Waals surface area contributed by atoms with Crippen LogP contribution in [0.5, 0.6) is 5.75 Å². The Morgan fingerprint density at radius 1 is 1.10 bits per heavy atom. The summed E-state index contributed by atoms with van der Waals surface area (Å²) in [5.74, 6) is -1.17. The van der Waals surface area contributed by atoms with Crippen molar-refractivity contribution in [3.63, 3.8) is 0 Å². The van der Waals surface area contributed by atoms with Gasteiger partial charge in [-0.3, -0.25) is 19.5 Å². The number of ketones is 1. The fraction of sp³-hybridized carbons (Fsp3) is 0.125. The number of aliphatic hydroxyl groups is 1. The van der Waals surface area contributed by atoms with Crippen molar-refractivity contribution >= 4 is 39.1 Å². The van der Waals surface area contributed by atoms with E-state index in [-0.39, 0.29) is 11.3 Å². The van der Waals surface area contributed by atoms with Crippen molar-refractivity contribution in [1.29, 1.82) is 0 Å². The van der Waals surface area contributed by atoms with Crippen LogP contribution < -0.4 is 9.64 Å². The van der Waals surface area contributed by atoms with E-state index in [0.717, 1.165) is 4.47 Å². The first-order valence-electron chi connectivity index (χ1n) is 9.72. The molecular weight excluding hydrogens is 460 g/mol. The molecule has 31 heavy (non-hydrogen) atoms. The van der Waals surface area contributed by atoms with E-state index in [1.807, 2.05) is 6.92 Å². The van der Waals surface area contributed by atoms with Crippen LogP contribution in [0.1, 0.15) is 24.2 Å². The summed E-state index contributed by atoms with van der Waals surface area (Å²) >= 11 is 3.36. The van der Waals surface area contributed by atoms with Gasteiger partial charge in [0.25, 0.3) is 11.7 Å². The summed E-state index contributed by atoms with van der Waals surface area (Å²) in [5, 5.41) is 11.0. The number of benzene rings is 2. The summed E-state index contributed by atoms with van der Waals surface area (Å²) in [6.07, 6.45) is 1.59. The van der Waals surface area contributed by atoms with Crippen molar-refractivity contribution in [1.82, 2.24) is 4.98 Å². The average Bonchev–Trinajstić information content (AvgIpc) is 3.05. The van der Waals surface area contributed by atoms with Crippen LogP contribution in [0.15, 0.2) is 83.0 Å². The quantitative estimate of drug-likeness (QED) is 0.321. The van der Waals surface area contributed by atoms with Gasteiger partial charge in [0.05, 0.1) is 17.9 Å². The summed E-state index contributed by atoms with van der Waals surface area (Å²) in [6, 6.07) is 18.2. The molecule has 1 N–H and O–H groups in total. The molecule has 0 spiro atoms. The zero-order valence-electron chi connectivity index (χ0n) is 16.7. The average molecular weight is 479 g/mol. The number of hydrogen-bond acceptors (Lipinski definition) is 5. The van der Waals surface area contributed by atoms with Gasteiger partial charge in [-0.1, -0.05) is 40.2 Å². The number of ether oxygens (including phenoxy) is 1. The predicted octanol–water partition coefficient (Wildman–Crippen LogP) is 4.87. The molecule has 156 valence electrons. The van der Waals surface area contributed by atoms with Crippen molar-refractivity contribution < 1.29 is 19.4 Å². The Hall–Kier alpha value is -3.45. The van der Waals surface area contributed by atoms with Crippen molar-refractivity contribution in [2.75, 3.05) is 11.5 Å². The number of Topliss-reactive ketones (excluding diaryl/α,β-unsaturated/α-hetero) is 1. The Balaban J connectivity index is 1.91. The van der Waals surface area contributed by atoms with Gasteiger partial charge in [-0.25, -0.2) is 0 Å². The van der Waals surface area contributed by atoms with E-state index >= 15 is 0 Å². The number of anilines is 1. The molecule has 2 aromatic carbocycles. The summed E-state index contributed by atoms with van der Waals surface area (Å²) in [5.41, 5.74) is 1.39. The summed E-state index contributed by atoms with van der Waals surface area (Å²) in [7, 11) is 0. The first-order chi connectivity index (χ1) is 15.0. The summed E-state index contributed by atoms with van der Waals surface area (Å²) < 4.78 is 6.39. The van der Waals surface area contributed by atoms with Gasteiger partial charge in [-0.05, 0) is 43.3 Å². The number of halogens is 1. The highest BCUT2D eigenvalue weighted by molar-refractivity contribution is 9.10. The molecule has 0 bridgehead atoms. The normalized spacial score (nSPS) is 17.7. The van der Waals surface area contributed by atoms with Crippen LogP contribution >= 0.6 is 15.9 Å². The highest BCUT2D eigenvalue weighted by Crippen LogP contribution is 2.42. The molecule has 1 amide bonds. The number of pyridine rings is 1. The maximum absolute atomic E-state index is 13.1. The molecule has 4 rings (SSSR count). The maximum Gasteiger partial charge on any atom is 0.300 e. The third-order valence-electron chi connectivity index (χ3n) is 4.94. The van der Waals surface area contributed by atoms with Crippen molar-refractivity contribution in [3.05, 3.63) is 94.2 Å². The molecule has 2 heterocycles. The molecule has 0 saturated carbocycles. The second-order valence-corrected chi connectivity index (χ2v) is 7.78. The highest BCUT2D eigenvalue weighted by Gasteiger charge is 2.47. The van der Waals surface area contributed by atoms with E-state index in [0.29, 0.717) is 29.3 Å². The molecule has 7 heteroatoms. The first kappa shape index (κ1) is 20.8. The van der Waals surface area contributed by atoms with E-state index in [2.05, 4.69) is 20.9 Å². The molecule has 6 nitrogen and oxygen atoms in total. The number of rotatable bonds is 5. The minimum Gasteiger partial charge on any atom is -0.507 e. The zero-order chi connectivity index (χ0) is 22.0.